The lowest BCUT2D eigenvalue weighted by Gasteiger charge is -2.28. The first-order valence-corrected chi connectivity index (χ1v) is 12.6. The first kappa shape index (κ1) is 25.1. The van der Waals surface area contributed by atoms with Crippen molar-refractivity contribution < 1.29 is 26.0 Å². The number of fused-ring (bicyclic) bond motifs is 1. The van der Waals surface area contributed by atoms with Crippen LogP contribution in [0.1, 0.15) is 56.7 Å². The highest BCUT2D eigenvalue weighted by atomic mass is 32.2. The molecule has 1 aromatic carbocycles. The summed E-state index contributed by atoms with van der Waals surface area (Å²) in [6, 6.07) is 7.82. The van der Waals surface area contributed by atoms with Crippen LogP contribution in [-0.4, -0.2) is 29.7 Å². The molecule has 35 heavy (non-hydrogen) atoms. The van der Waals surface area contributed by atoms with E-state index in [0.717, 1.165) is 51.8 Å². The van der Waals surface area contributed by atoms with Crippen molar-refractivity contribution in [3.05, 3.63) is 47.4 Å². The average molecular weight is 509 g/mol. The van der Waals surface area contributed by atoms with Gasteiger partial charge in [0.25, 0.3) is 0 Å². The highest BCUT2D eigenvalue weighted by Crippen LogP contribution is 2.42. The third-order valence-corrected chi connectivity index (χ3v) is 8.13. The smallest absolute Gasteiger partial charge is 0.333 e. The largest absolute Gasteiger partial charge is 0.407 e. The van der Waals surface area contributed by atoms with Crippen LogP contribution in [0.2, 0.25) is 0 Å². The molecule has 1 aliphatic rings. The Morgan fingerprint density at radius 1 is 1.14 bits per heavy atom. The van der Waals surface area contributed by atoms with Gasteiger partial charge in [-0.1, -0.05) is 25.0 Å². The highest BCUT2D eigenvalue weighted by molar-refractivity contribution is 7.89. The van der Waals surface area contributed by atoms with Gasteiger partial charge in [-0.2, -0.15) is 23.2 Å². The van der Waals surface area contributed by atoms with Crippen LogP contribution in [-0.2, 0) is 10.0 Å². The Morgan fingerprint density at radius 3 is 2.34 bits per heavy atom. The number of aromatic nitrogens is 2. The Balaban J connectivity index is 1.86. The number of hydrogen-bond donors (Lipinski definition) is 1. The topological polar surface area (TPSA) is 87.8 Å². The zero-order valence-electron chi connectivity index (χ0n) is 19.4. The molecule has 1 N–H and O–H groups in total. The summed E-state index contributed by atoms with van der Waals surface area (Å²) in [6.45, 7) is 3.09. The number of benzene rings is 1. The van der Waals surface area contributed by atoms with E-state index in [-0.39, 0.29) is 17.3 Å². The molecule has 6 nitrogen and oxygen atoms in total. The molecule has 1 aliphatic carbocycles. The van der Waals surface area contributed by atoms with Gasteiger partial charge < -0.3 is 4.57 Å². The summed E-state index contributed by atoms with van der Waals surface area (Å²) < 4.78 is 83.5. The maximum atomic E-state index is 15.3. The Labute approximate surface area is 200 Å². The number of halogens is 4. The summed E-state index contributed by atoms with van der Waals surface area (Å²) in [7, 11) is -4.54. The van der Waals surface area contributed by atoms with Gasteiger partial charge >= 0.3 is 6.18 Å². The normalized spacial score (nSPS) is 15.6. The van der Waals surface area contributed by atoms with Crippen molar-refractivity contribution in [2.24, 2.45) is 0 Å². The Kier molecular flexibility index (Phi) is 6.18. The molecule has 0 radical (unpaired) electrons. The lowest BCUT2D eigenvalue weighted by atomic mass is 10.1. The minimum Gasteiger partial charge on any atom is -0.333 e. The van der Waals surface area contributed by atoms with Gasteiger partial charge in [0, 0.05) is 17.6 Å². The predicted octanol–water partition coefficient (Wildman–Crippen LogP) is 5.76. The molecule has 1 fully saturated rings. The molecular formula is C24H24F4N4O2S. The molecule has 0 aliphatic heterocycles. The second kappa shape index (κ2) is 8.60. The highest BCUT2D eigenvalue weighted by Gasteiger charge is 2.49. The molecule has 0 spiro atoms. The van der Waals surface area contributed by atoms with Crippen LogP contribution in [0.3, 0.4) is 0 Å². The molecular weight excluding hydrogens is 484 g/mol. The van der Waals surface area contributed by atoms with Crippen LogP contribution in [0.15, 0.2) is 35.4 Å². The summed E-state index contributed by atoms with van der Waals surface area (Å²) in [4.78, 5) is 3.74. The fraction of sp³-hybridized carbons (Fsp3) is 0.417. The van der Waals surface area contributed by atoms with Gasteiger partial charge in [-0.3, -0.25) is 4.98 Å². The number of rotatable bonds is 5. The number of alkyl halides is 3. The molecule has 1 saturated carbocycles. The van der Waals surface area contributed by atoms with Crippen LogP contribution in [0.4, 0.5) is 17.6 Å². The first-order valence-electron chi connectivity index (χ1n) is 11.1. The van der Waals surface area contributed by atoms with Crippen molar-refractivity contribution in [3.63, 3.8) is 0 Å². The second-order valence-electron chi connectivity index (χ2n) is 9.34. The van der Waals surface area contributed by atoms with Crippen LogP contribution in [0.5, 0.6) is 0 Å². The van der Waals surface area contributed by atoms with Crippen molar-refractivity contribution in [3.8, 4) is 17.5 Å². The van der Waals surface area contributed by atoms with E-state index in [9.17, 15) is 26.9 Å². The maximum absolute atomic E-state index is 15.3. The van der Waals surface area contributed by atoms with E-state index in [1.807, 2.05) is 0 Å². The zero-order chi connectivity index (χ0) is 25.8. The molecule has 186 valence electrons. The summed E-state index contributed by atoms with van der Waals surface area (Å²) in [5.41, 5.74) is -1.15. The molecule has 2 aromatic heterocycles. The van der Waals surface area contributed by atoms with Crippen molar-refractivity contribution in [1.29, 1.82) is 5.26 Å². The number of nitriles is 1. The van der Waals surface area contributed by atoms with E-state index in [0.29, 0.717) is 22.2 Å². The van der Waals surface area contributed by atoms with Gasteiger partial charge in [-0.15, -0.1) is 0 Å². The predicted molar refractivity (Wildman–Crippen MR) is 123 cm³/mol. The maximum Gasteiger partial charge on any atom is 0.407 e. The lowest BCUT2D eigenvalue weighted by molar-refractivity contribution is -0.180. The van der Waals surface area contributed by atoms with E-state index < -0.39 is 32.5 Å². The first-order chi connectivity index (χ1) is 16.3. The standard InChI is InChI=1S/C24H24F4N4O2S/c1-14-8-10-17-18(12-29)21(32(22(17)20(14)25)15-6-4-5-7-15)19-11-9-16(13-30-19)35(33,34)31-23(2,3)24(26,27)28/h8-11,13,15,31H,4-7H2,1-3H3. The van der Waals surface area contributed by atoms with Gasteiger partial charge in [0.1, 0.15) is 22.3 Å². The van der Waals surface area contributed by atoms with Crippen LogP contribution >= 0.6 is 0 Å². The molecule has 11 heteroatoms. The van der Waals surface area contributed by atoms with E-state index >= 15 is 4.39 Å². The number of pyridine rings is 1. The monoisotopic (exact) mass is 508 g/mol. The van der Waals surface area contributed by atoms with Gasteiger partial charge in [-0.05, 0) is 51.3 Å². The molecule has 0 saturated heterocycles. The van der Waals surface area contributed by atoms with E-state index in [4.69, 9.17) is 0 Å². The number of sulfonamides is 1. The SMILES string of the molecule is Cc1ccc2c(C#N)c(-c3ccc(S(=O)(=O)NC(C)(C)C(F)(F)F)cn3)n(C3CCCC3)c2c1F. The minimum absolute atomic E-state index is 0.0645. The molecule has 3 aromatic rings. The number of nitrogens with one attached hydrogen (secondary N) is 1. The van der Waals surface area contributed by atoms with Crippen molar-refractivity contribution in [1.82, 2.24) is 14.3 Å². The van der Waals surface area contributed by atoms with Crippen molar-refractivity contribution in [2.75, 3.05) is 0 Å². The average Bonchev–Trinajstić information content (AvgIpc) is 3.40. The van der Waals surface area contributed by atoms with E-state index in [1.165, 1.54) is 6.07 Å². The summed E-state index contributed by atoms with van der Waals surface area (Å²) in [5.74, 6) is -0.435. The van der Waals surface area contributed by atoms with Gasteiger partial charge in [0.2, 0.25) is 10.0 Å². The van der Waals surface area contributed by atoms with Crippen LogP contribution in [0.25, 0.3) is 22.3 Å². The summed E-state index contributed by atoms with van der Waals surface area (Å²) in [6.07, 6.45) is -0.381. The molecule has 0 amide bonds. The van der Waals surface area contributed by atoms with E-state index in [1.54, 1.807) is 28.3 Å². The lowest BCUT2D eigenvalue weighted by Crippen LogP contribution is -2.54. The Bertz CT molecular complexity index is 1430. The number of hydrogen-bond acceptors (Lipinski definition) is 4. The summed E-state index contributed by atoms with van der Waals surface area (Å²) in [5, 5.41) is 10.4. The molecule has 2 heterocycles. The van der Waals surface area contributed by atoms with E-state index in [2.05, 4.69) is 11.1 Å². The molecule has 0 atom stereocenters. The third kappa shape index (κ3) is 4.29. The van der Waals surface area contributed by atoms with Gasteiger partial charge in [0.15, 0.2) is 0 Å². The van der Waals surface area contributed by atoms with Crippen LogP contribution < -0.4 is 4.72 Å². The molecule has 0 bridgehead atoms. The minimum atomic E-state index is -4.81. The Hall–Kier alpha value is -2.97. The molecule has 0 unspecified atom stereocenters. The second-order valence-corrected chi connectivity index (χ2v) is 11.0. The number of nitrogens with zero attached hydrogens (tertiary/aromatic N) is 3. The fourth-order valence-corrected chi connectivity index (χ4v) is 5.83. The van der Waals surface area contributed by atoms with Crippen LogP contribution in [0, 0.1) is 24.1 Å². The zero-order valence-corrected chi connectivity index (χ0v) is 20.2. The summed E-state index contributed by atoms with van der Waals surface area (Å²) >= 11 is 0. The van der Waals surface area contributed by atoms with Gasteiger partial charge in [0.05, 0.1) is 22.5 Å². The van der Waals surface area contributed by atoms with Crippen molar-refractivity contribution in [2.45, 2.75) is 69.1 Å². The number of aryl methyl sites for hydroxylation is 1. The quantitative estimate of drug-likeness (QED) is 0.444. The van der Waals surface area contributed by atoms with Gasteiger partial charge in [-0.25, -0.2) is 12.8 Å². The third-order valence-electron chi connectivity index (χ3n) is 6.49. The Morgan fingerprint density at radius 2 is 1.80 bits per heavy atom. The fourth-order valence-electron chi connectivity index (χ4n) is 4.49. The van der Waals surface area contributed by atoms with Crippen molar-refractivity contribution >= 4 is 20.9 Å². The molecule has 4 rings (SSSR count).